The van der Waals surface area contributed by atoms with Crippen LogP contribution in [0.4, 0.5) is 4.79 Å². The molecule has 2 atom stereocenters. The van der Waals surface area contributed by atoms with Crippen LogP contribution >= 0.6 is 0 Å². The molecule has 0 spiro atoms. The van der Waals surface area contributed by atoms with Crippen LogP contribution in [-0.2, 0) is 14.3 Å². The quantitative estimate of drug-likeness (QED) is 0.785. The number of rotatable bonds is 6. The van der Waals surface area contributed by atoms with Crippen LogP contribution < -0.4 is 5.32 Å². The second-order valence-electron chi connectivity index (χ2n) is 6.93. The predicted molar refractivity (Wildman–Crippen MR) is 89.2 cm³/mol. The van der Waals surface area contributed by atoms with Crippen molar-refractivity contribution < 1.29 is 19.1 Å². The second kappa shape index (κ2) is 8.35. The molecule has 2 unspecified atom stereocenters. The maximum atomic E-state index is 12.5. The van der Waals surface area contributed by atoms with Gasteiger partial charge in [0.2, 0.25) is 11.8 Å². The molecule has 1 aliphatic heterocycles. The zero-order valence-corrected chi connectivity index (χ0v) is 14.9. The van der Waals surface area contributed by atoms with Gasteiger partial charge in [-0.25, -0.2) is 4.79 Å². The van der Waals surface area contributed by atoms with Crippen LogP contribution in [0.5, 0.6) is 0 Å². The molecule has 1 saturated carbocycles. The highest BCUT2D eigenvalue weighted by Gasteiger charge is 2.49. The van der Waals surface area contributed by atoms with E-state index in [1.807, 2.05) is 0 Å². The van der Waals surface area contributed by atoms with Crippen molar-refractivity contribution in [3.8, 4) is 0 Å². The molecular weight excluding hydrogens is 310 g/mol. The number of hydrogen-bond donors (Lipinski definition) is 1. The number of amides is 3. The van der Waals surface area contributed by atoms with E-state index in [4.69, 9.17) is 4.74 Å². The van der Waals surface area contributed by atoms with Gasteiger partial charge in [-0.3, -0.25) is 9.59 Å². The van der Waals surface area contributed by atoms with Crippen molar-refractivity contribution in [2.45, 2.75) is 33.6 Å². The molecule has 7 nitrogen and oxygen atoms in total. The number of carbonyl (C=O) groups excluding carboxylic acids is 3. The highest BCUT2D eigenvalue weighted by molar-refractivity contribution is 5.92. The van der Waals surface area contributed by atoms with E-state index in [9.17, 15) is 14.4 Å². The van der Waals surface area contributed by atoms with Crippen LogP contribution in [-0.4, -0.2) is 67.0 Å². The molecule has 0 aromatic heterocycles. The number of piperazine rings is 1. The number of carbonyl (C=O) groups is 3. The second-order valence-corrected chi connectivity index (χ2v) is 6.93. The Morgan fingerprint density at radius 2 is 1.71 bits per heavy atom. The van der Waals surface area contributed by atoms with E-state index in [2.05, 4.69) is 19.2 Å². The molecule has 1 saturated heterocycles. The van der Waals surface area contributed by atoms with E-state index < -0.39 is 0 Å². The third kappa shape index (κ3) is 4.85. The molecule has 3 amide bonds. The molecule has 0 radical (unpaired) electrons. The molecule has 24 heavy (non-hydrogen) atoms. The summed E-state index contributed by atoms with van der Waals surface area (Å²) in [6.45, 7) is 9.03. The van der Waals surface area contributed by atoms with E-state index in [1.165, 1.54) is 0 Å². The van der Waals surface area contributed by atoms with E-state index in [1.54, 1.807) is 16.7 Å². The van der Waals surface area contributed by atoms with Crippen LogP contribution in [0.1, 0.15) is 33.6 Å². The van der Waals surface area contributed by atoms with Gasteiger partial charge in [0.1, 0.15) is 0 Å². The van der Waals surface area contributed by atoms with Gasteiger partial charge in [0, 0.05) is 32.7 Å². The van der Waals surface area contributed by atoms with E-state index >= 15 is 0 Å². The Balaban J connectivity index is 1.71. The fourth-order valence-corrected chi connectivity index (χ4v) is 2.93. The van der Waals surface area contributed by atoms with Gasteiger partial charge < -0.3 is 19.9 Å². The minimum absolute atomic E-state index is 0.000778. The van der Waals surface area contributed by atoms with Crippen molar-refractivity contribution in [3.63, 3.8) is 0 Å². The number of nitrogens with zero attached hydrogens (tertiary/aromatic N) is 2. The Hall–Kier alpha value is -1.79. The number of ether oxygens (including phenoxy) is 1. The van der Waals surface area contributed by atoms with Crippen molar-refractivity contribution in [3.05, 3.63) is 0 Å². The first-order valence-corrected chi connectivity index (χ1v) is 8.92. The zero-order chi connectivity index (χ0) is 17.7. The summed E-state index contributed by atoms with van der Waals surface area (Å²) in [6, 6.07) is 0. The van der Waals surface area contributed by atoms with Gasteiger partial charge in [0.15, 0.2) is 0 Å². The van der Waals surface area contributed by atoms with Crippen molar-refractivity contribution in [2.75, 3.05) is 39.3 Å². The van der Waals surface area contributed by atoms with Gasteiger partial charge in [-0.1, -0.05) is 13.8 Å². The normalized spacial score (nSPS) is 23.2. The first-order chi connectivity index (χ1) is 11.4. The summed E-state index contributed by atoms with van der Waals surface area (Å²) in [6.07, 6.45) is 1.27. The molecule has 2 fully saturated rings. The molecule has 1 aliphatic carbocycles. The van der Waals surface area contributed by atoms with Crippen LogP contribution in [0.2, 0.25) is 0 Å². The van der Waals surface area contributed by atoms with Gasteiger partial charge in [-0.05, 0) is 25.7 Å². The Bertz CT molecular complexity index is 472. The molecule has 1 heterocycles. The molecule has 7 heteroatoms. The highest BCUT2D eigenvalue weighted by Crippen LogP contribution is 2.40. The van der Waals surface area contributed by atoms with Crippen molar-refractivity contribution in [1.29, 1.82) is 0 Å². The monoisotopic (exact) mass is 339 g/mol. The zero-order valence-electron chi connectivity index (χ0n) is 14.9. The molecule has 136 valence electrons. The minimum atomic E-state index is -0.321. The number of nitrogens with one attached hydrogen (secondary N) is 1. The molecule has 0 aromatic carbocycles. The Morgan fingerprint density at radius 1 is 1.08 bits per heavy atom. The lowest BCUT2D eigenvalue weighted by Gasteiger charge is -2.34. The average Bonchev–Trinajstić information content (AvgIpc) is 3.35. The van der Waals surface area contributed by atoms with Gasteiger partial charge in [-0.15, -0.1) is 0 Å². The van der Waals surface area contributed by atoms with Crippen LogP contribution in [0.25, 0.3) is 0 Å². The number of hydrogen-bond acceptors (Lipinski definition) is 4. The lowest BCUT2D eigenvalue weighted by molar-refractivity contribution is -0.136. The molecular formula is C17H29N3O4. The summed E-state index contributed by atoms with van der Waals surface area (Å²) >= 11 is 0. The van der Waals surface area contributed by atoms with Gasteiger partial charge >= 0.3 is 6.09 Å². The van der Waals surface area contributed by atoms with Crippen LogP contribution in [0, 0.1) is 17.8 Å². The van der Waals surface area contributed by atoms with Crippen molar-refractivity contribution in [2.24, 2.45) is 17.8 Å². The molecule has 0 aromatic rings. The smallest absolute Gasteiger partial charge is 0.409 e. The first-order valence-electron chi connectivity index (χ1n) is 8.92. The van der Waals surface area contributed by atoms with Crippen LogP contribution in [0.3, 0.4) is 0 Å². The maximum absolute atomic E-state index is 12.5. The highest BCUT2D eigenvalue weighted by atomic mass is 16.6. The molecule has 1 N–H and O–H groups in total. The fourth-order valence-electron chi connectivity index (χ4n) is 2.93. The largest absolute Gasteiger partial charge is 0.450 e. The third-order valence-corrected chi connectivity index (χ3v) is 4.58. The molecule has 2 aliphatic rings. The maximum Gasteiger partial charge on any atom is 0.409 e. The van der Waals surface area contributed by atoms with Crippen molar-refractivity contribution in [1.82, 2.24) is 15.1 Å². The van der Waals surface area contributed by atoms with E-state index in [0.717, 1.165) is 6.42 Å². The third-order valence-electron chi connectivity index (χ3n) is 4.58. The lowest BCUT2D eigenvalue weighted by atomic mass is 10.1. The average molecular weight is 339 g/mol. The van der Waals surface area contributed by atoms with Crippen molar-refractivity contribution >= 4 is 17.9 Å². The summed E-state index contributed by atoms with van der Waals surface area (Å²) in [5, 5.41) is 2.92. The predicted octanol–water partition coefficient (Wildman–Crippen LogP) is 1.09. The lowest BCUT2D eigenvalue weighted by Crippen LogP contribution is -2.51. The van der Waals surface area contributed by atoms with Gasteiger partial charge in [0.25, 0.3) is 0 Å². The van der Waals surface area contributed by atoms with Gasteiger partial charge in [-0.2, -0.15) is 0 Å². The summed E-state index contributed by atoms with van der Waals surface area (Å²) in [4.78, 5) is 39.6. The summed E-state index contributed by atoms with van der Waals surface area (Å²) in [5.74, 6) is 0.241. The topological polar surface area (TPSA) is 79.0 Å². The SMILES string of the molecule is CCOC(=O)N1CCN(C(=O)C2CC2C(=O)NCCC(C)C)CC1. The van der Waals surface area contributed by atoms with Crippen LogP contribution in [0.15, 0.2) is 0 Å². The first kappa shape index (κ1) is 18.5. The fraction of sp³-hybridized carbons (Fsp3) is 0.824. The summed E-state index contributed by atoms with van der Waals surface area (Å²) in [5.41, 5.74) is 0. The molecule has 0 bridgehead atoms. The Labute approximate surface area is 143 Å². The molecule has 2 rings (SSSR count). The van der Waals surface area contributed by atoms with Gasteiger partial charge in [0.05, 0.1) is 18.4 Å². The van der Waals surface area contributed by atoms with E-state index in [0.29, 0.717) is 51.7 Å². The minimum Gasteiger partial charge on any atom is -0.450 e. The standard InChI is InChI=1S/C17H29N3O4/c1-4-24-17(23)20-9-7-19(8-10-20)16(22)14-11-13(14)15(21)18-6-5-12(2)3/h12-14H,4-11H2,1-3H3,(H,18,21). The van der Waals surface area contributed by atoms with E-state index in [-0.39, 0.29) is 29.7 Å². The Kier molecular flexibility index (Phi) is 6.45. The Morgan fingerprint density at radius 3 is 2.29 bits per heavy atom. The summed E-state index contributed by atoms with van der Waals surface area (Å²) < 4.78 is 4.97. The summed E-state index contributed by atoms with van der Waals surface area (Å²) in [7, 11) is 0.